The van der Waals surface area contributed by atoms with Gasteiger partial charge in [-0.1, -0.05) is 0 Å². The normalized spacial score (nSPS) is 14.0. The number of amides is 1. The number of anilines is 2. The molecule has 5 aromatic heterocycles. The maximum absolute atomic E-state index is 12.9. The summed E-state index contributed by atoms with van der Waals surface area (Å²) in [6.07, 6.45) is 3.82. The summed E-state index contributed by atoms with van der Waals surface area (Å²) in [6, 6.07) is 3.86. The minimum absolute atomic E-state index is 0.0533. The van der Waals surface area contributed by atoms with E-state index in [0.29, 0.717) is 55.6 Å². The molecule has 1 fully saturated rings. The summed E-state index contributed by atoms with van der Waals surface area (Å²) in [5, 5.41) is 8.39. The molecular formula is C25H26N7O3S3+. The van der Waals surface area contributed by atoms with Crippen LogP contribution in [0.1, 0.15) is 20.9 Å². The number of nitrogens with two attached hydrogens (primary N) is 1. The molecule has 1 aliphatic heterocycles. The molecular weight excluding hydrogens is 543 g/mol. The molecule has 6 heterocycles. The lowest BCUT2D eigenvalue weighted by Gasteiger charge is -2.28. The monoisotopic (exact) mass is 568 g/mol. The van der Waals surface area contributed by atoms with E-state index in [2.05, 4.69) is 37.8 Å². The average Bonchev–Trinajstić information content (AvgIpc) is 3.67. The summed E-state index contributed by atoms with van der Waals surface area (Å²) in [5.41, 5.74) is 13.2. The third kappa shape index (κ3) is 4.56. The van der Waals surface area contributed by atoms with Gasteiger partial charge in [-0.05, 0) is 17.0 Å². The van der Waals surface area contributed by atoms with Crippen molar-refractivity contribution in [1.29, 1.82) is 0 Å². The number of aromatic nitrogens is 3. The number of carbonyl (C=O) groups is 1. The number of ether oxygens (including phenoxy) is 1. The smallest absolute Gasteiger partial charge is 0.254 e. The van der Waals surface area contributed by atoms with E-state index in [1.165, 1.54) is 11.3 Å². The first-order valence-corrected chi connectivity index (χ1v) is 14.8. The fourth-order valence-corrected chi connectivity index (χ4v) is 7.86. The molecule has 0 bridgehead atoms. The molecule has 0 saturated carbocycles. The lowest BCUT2D eigenvalue weighted by atomic mass is 10.1. The first-order valence-electron chi connectivity index (χ1n) is 12.2. The van der Waals surface area contributed by atoms with E-state index in [1.807, 2.05) is 0 Å². The first-order chi connectivity index (χ1) is 18.5. The summed E-state index contributed by atoms with van der Waals surface area (Å²) in [7, 11) is 0. The van der Waals surface area contributed by atoms with Gasteiger partial charge in [-0.15, -0.1) is 34.0 Å². The molecule has 1 aliphatic rings. The number of imidazole rings is 1. The van der Waals surface area contributed by atoms with Crippen molar-refractivity contribution in [1.82, 2.24) is 14.4 Å². The third-order valence-electron chi connectivity index (χ3n) is 6.39. The van der Waals surface area contributed by atoms with Crippen molar-refractivity contribution in [3.8, 4) is 11.1 Å². The largest absolute Gasteiger partial charge is 0.378 e. The van der Waals surface area contributed by atoms with Gasteiger partial charge < -0.3 is 26.4 Å². The molecule has 6 N–H and O–H groups in total. The lowest BCUT2D eigenvalue weighted by Crippen LogP contribution is -2.53. The van der Waals surface area contributed by atoms with E-state index in [1.54, 1.807) is 45.5 Å². The number of thiophene rings is 2. The van der Waals surface area contributed by atoms with Gasteiger partial charge in [-0.2, -0.15) is 0 Å². The van der Waals surface area contributed by atoms with Crippen molar-refractivity contribution in [2.45, 2.75) is 6.42 Å². The molecule has 1 saturated heterocycles. The van der Waals surface area contributed by atoms with Crippen molar-refractivity contribution < 1.29 is 15.3 Å². The summed E-state index contributed by atoms with van der Waals surface area (Å²) in [5.74, 6) is 0.0376. The Bertz CT molecular complexity index is 1700. The molecule has 0 spiro atoms. The number of quaternary nitrogens is 1. The summed E-state index contributed by atoms with van der Waals surface area (Å²) in [4.78, 5) is 37.8. The maximum Gasteiger partial charge on any atom is 0.254 e. The van der Waals surface area contributed by atoms with Gasteiger partial charge in [0.25, 0.3) is 5.91 Å². The molecule has 0 atom stereocenters. The van der Waals surface area contributed by atoms with Gasteiger partial charge in [-0.3, -0.25) is 14.0 Å². The topological polar surface area (TPSA) is 142 Å². The predicted molar refractivity (Wildman–Crippen MR) is 153 cm³/mol. The van der Waals surface area contributed by atoms with Crippen LogP contribution in [0, 0.1) is 0 Å². The zero-order valence-corrected chi connectivity index (χ0v) is 22.9. The highest BCUT2D eigenvalue weighted by atomic mass is 32.1. The zero-order valence-electron chi connectivity index (χ0n) is 20.4. The second-order valence-electron chi connectivity index (χ2n) is 8.86. The highest BCUT2D eigenvalue weighted by Crippen LogP contribution is 2.40. The van der Waals surface area contributed by atoms with Gasteiger partial charge in [0.1, 0.15) is 5.56 Å². The van der Waals surface area contributed by atoms with Crippen LogP contribution in [0.4, 0.5) is 10.9 Å². The Morgan fingerprint density at radius 3 is 2.82 bits per heavy atom. The van der Waals surface area contributed by atoms with Crippen molar-refractivity contribution in [2.75, 3.05) is 49.6 Å². The quantitative estimate of drug-likeness (QED) is 0.261. The minimum Gasteiger partial charge on any atom is -0.378 e. The molecule has 10 nitrogen and oxygen atoms in total. The van der Waals surface area contributed by atoms with Crippen molar-refractivity contribution in [2.24, 2.45) is 5.73 Å². The van der Waals surface area contributed by atoms with Gasteiger partial charge in [0.15, 0.2) is 11.1 Å². The summed E-state index contributed by atoms with van der Waals surface area (Å²) < 4.78 is 9.00. The molecule has 0 unspecified atom stereocenters. The van der Waals surface area contributed by atoms with Crippen LogP contribution in [-0.4, -0.2) is 59.7 Å². The van der Waals surface area contributed by atoms with Crippen LogP contribution in [0.25, 0.3) is 26.2 Å². The molecule has 0 radical (unpaired) electrons. The lowest BCUT2D eigenvalue weighted by molar-refractivity contribution is -0.362. The molecule has 0 aromatic carbocycles. The predicted octanol–water partition coefficient (Wildman–Crippen LogP) is 2.27. The highest BCUT2D eigenvalue weighted by molar-refractivity contribution is 7.28. The van der Waals surface area contributed by atoms with Crippen LogP contribution in [0.5, 0.6) is 0 Å². The number of hydrogen-bond acceptors (Lipinski definition) is 10. The third-order valence-corrected chi connectivity index (χ3v) is 9.66. The summed E-state index contributed by atoms with van der Waals surface area (Å²) in [6.45, 7) is 4.23. The number of morpholine rings is 1. The van der Waals surface area contributed by atoms with Crippen molar-refractivity contribution >= 4 is 65.9 Å². The van der Waals surface area contributed by atoms with Crippen LogP contribution in [0.3, 0.4) is 0 Å². The fourth-order valence-electron chi connectivity index (χ4n) is 4.58. The van der Waals surface area contributed by atoms with Crippen LogP contribution < -0.4 is 27.1 Å². The van der Waals surface area contributed by atoms with E-state index in [9.17, 15) is 9.59 Å². The number of rotatable bonds is 8. The van der Waals surface area contributed by atoms with Crippen LogP contribution in [0.2, 0.25) is 0 Å². The molecule has 13 heteroatoms. The van der Waals surface area contributed by atoms with Crippen LogP contribution in [-0.2, 0) is 11.2 Å². The van der Waals surface area contributed by atoms with Crippen LogP contribution in [0.15, 0.2) is 40.1 Å². The zero-order chi connectivity index (χ0) is 26.2. The Kier molecular flexibility index (Phi) is 6.84. The standard InChI is InChI=1S/C25H25N7O3S3/c26-1-2-29-25-30-17(20(23(27)34)24-28-3-4-32(24)25)10-15-9-14(12-36-15)16-13-37-22-18(33)11-19(38-21(16)22)31-5-7-35-8-6-31/h3-4,9,11-13H,1-2,5-8,10,26H2,(H2,27,34)(H,29,30)/p+1. The Balaban J connectivity index is 1.36. The van der Waals surface area contributed by atoms with Crippen molar-refractivity contribution in [3.05, 3.63) is 61.6 Å². The van der Waals surface area contributed by atoms with E-state index >= 15 is 0 Å². The Hall–Kier alpha value is -3.36. The molecule has 196 valence electrons. The average molecular weight is 569 g/mol. The fraction of sp³-hybridized carbons (Fsp3) is 0.280. The molecule has 1 amide bonds. The number of primary amides is 1. The Morgan fingerprint density at radius 2 is 2.03 bits per heavy atom. The first kappa shape index (κ1) is 24.9. The number of nitrogens with zero attached hydrogens (tertiary/aromatic N) is 4. The van der Waals surface area contributed by atoms with Crippen LogP contribution >= 0.6 is 34.0 Å². The Labute approximate surface area is 229 Å². The second-order valence-corrected chi connectivity index (χ2v) is 11.8. The van der Waals surface area contributed by atoms with E-state index < -0.39 is 5.91 Å². The van der Waals surface area contributed by atoms with Crippen molar-refractivity contribution in [3.63, 3.8) is 0 Å². The SMILES string of the molecule is NC(=O)c1c(Cc2cc(-c3csc4c(=O)cc(N5CCOCC5)sc34)cs2)nc(NCC[NH3+])n2ccnc12. The number of nitrogens with one attached hydrogen (secondary N) is 1. The minimum atomic E-state index is -0.562. The number of carbonyl (C=O) groups excluding carboxylic acids is 1. The van der Waals surface area contributed by atoms with Gasteiger partial charge in [0, 0.05) is 53.8 Å². The second kappa shape index (κ2) is 10.4. The molecule has 38 heavy (non-hydrogen) atoms. The van der Waals surface area contributed by atoms with E-state index in [-0.39, 0.29) is 5.43 Å². The summed E-state index contributed by atoms with van der Waals surface area (Å²) >= 11 is 4.73. The molecule has 6 rings (SSSR count). The van der Waals surface area contributed by atoms with E-state index in [4.69, 9.17) is 15.5 Å². The number of hydrogen-bond donors (Lipinski definition) is 3. The Morgan fingerprint density at radius 1 is 1.18 bits per heavy atom. The van der Waals surface area contributed by atoms with E-state index in [0.717, 1.165) is 43.5 Å². The van der Waals surface area contributed by atoms with Gasteiger partial charge in [0.2, 0.25) is 5.95 Å². The highest BCUT2D eigenvalue weighted by Gasteiger charge is 2.21. The molecule has 5 aromatic rings. The molecule has 0 aliphatic carbocycles. The van der Waals surface area contributed by atoms with Gasteiger partial charge in [0.05, 0.1) is 46.4 Å². The van der Waals surface area contributed by atoms with Gasteiger partial charge in [-0.25, -0.2) is 9.97 Å². The maximum atomic E-state index is 12.9. The van der Waals surface area contributed by atoms with Gasteiger partial charge >= 0.3 is 0 Å². The number of fused-ring (bicyclic) bond motifs is 2.